The van der Waals surface area contributed by atoms with Crippen LogP contribution in [0.25, 0.3) is 0 Å². The molecule has 0 rings (SSSR count). The Morgan fingerprint density at radius 2 is 2.18 bits per heavy atom. The van der Waals surface area contributed by atoms with Gasteiger partial charge in [0.15, 0.2) is 0 Å². The van der Waals surface area contributed by atoms with Crippen molar-refractivity contribution in [3.8, 4) is 0 Å². The number of rotatable bonds is 3. The lowest BCUT2D eigenvalue weighted by Gasteiger charge is -1.88. The fourth-order valence-corrected chi connectivity index (χ4v) is 0.455. The SMILES string of the molecule is C=C(N)/C=C\C(=C/C)[N+](=O)[O-]. The fourth-order valence-electron chi connectivity index (χ4n) is 0.455. The standard InChI is InChI=1S/C7H10N2O2/c1-3-7(9(10)11)5-4-6(2)8/h3-5H,2,8H2,1H3/b5-4-,7-3+. The topological polar surface area (TPSA) is 69.2 Å². The van der Waals surface area contributed by atoms with Crippen LogP contribution < -0.4 is 5.73 Å². The largest absolute Gasteiger partial charge is 0.399 e. The van der Waals surface area contributed by atoms with E-state index in [-0.39, 0.29) is 5.70 Å². The van der Waals surface area contributed by atoms with Crippen LogP contribution >= 0.6 is 0 Å². The summed E-state index contributed by atoms with van der Waals surface area (Å²) >= 11 is 0. The maximum atomic E-state index is 10.2. The monoisotopic (exact) mass is 154 g/mol. The molecule has 11 heavy (non-hydrogen) atoms. The number of nitrogens with zero attached hydrogens (tertiary/aromatic N) is 1. The zero-order chi connectivity index (χ0) is 8.85. The summed E-state index contributed by atoms with van der Waals surface area (Å²) < 4.78 is 0. The van der Waals surface area contributed by atoms with Gasteiger partial charge in [-0.2, -0.15) is 0 Å². The van der Waals surface area contributed by atoms with Crippen LogP contribution in [0, 0.1) is 10.1 Å². The second-order valence-electron chi connectivity index (χ2n) is 1.88. The van der Waals surface area contributed by atoms with E-state index in [0.29, 0.717) is 5.70 Å². The van der Waals surface area contributed by atoms with Crippen molar-refractivity contribution in [1.29, 1.82) is 0 Å². The third-order valence-electron chi connectivity index (χ3n) is 0.975. The van der Waals surface area contributed by atoms with Crippen molar-refractivity contribution in [2.24, 2.45) is 5.73 Å². The molecule has 0 unspecified atom stereocenters. The van der Waals surface area contributed by atoms with Gasteiger partial charge >= 0.3 is 0 Å². The van der Waals surface area contributed by atoms with E-state index in [2.05, 4.69) is 6.58 Å². The Morgan fingerprint density at radius 1 is 1.64 bits per heavy atom. The first-order chi connectivity index (χ1) is 5.07. The highest BCUT2D eigenvalue weighted by molar-refractivity contribution is 5.19. The van der Waals surface area contributed by atoms with Crippen LogP contribution in [0.15, 0.2) is 36.2 Å². The summed E-state index contributed by atoms with van der Waals surface area (Å²) in [5, 5.41) is 10.2. The Balaban J connectivity index is 4.34. The van der Waals surface area contributed by atoms with Gasteiger partial charge < -0.3 is 5.73 Å². The van der Waals surface area contributed by atoms with Gasteiger partial charge in [-0.3, -0.25) is 10.1 Å². The molecule has 0 aliphatic heterocycles. The van der Waals surface area contributed by atoms with Crippen LogP contribution in [-0.2, 0) is 0 Å². The second-order valence-corrected chi connectivity index (χ2v) is 1.88. The zero-order valence-corrected chi connectivity index (χ0v) is 6.28. The molecule has 4 heteroatoms. The van der Waals surface area contributed by atoms with E-state index in [1.165, 1.54) is 18.2 Å². The minimum atomic E-state index is -0.487. The Labute approximate surface area is 64.9 Å². The first-order valence-electron chi connectivity index (χ1n) is 3.01. The van der Waals surface area contributed by atoms with Crippen LogP contribution in [0.3, 0.4) is 0 Å². The molecule has 0 fully saturated rings. The number of allylic oxidation sites excluding steroid dienone is 3. The molecule has 0 aromatic heterocycles. The molecular formula is C7H10N2O2. The minimum Gasteiger partial charge on any atom is -0.399 e. The maximum Gasteiger partial charge on any atom is 0.265 e. The van der Waals surface area contributed by atoms with Crippen molar-refractivity contribution in [3.63, 3.8) is 0 Å². The Kier molecular flexibility index (Phi) is 3.66. The van der Waals surface area contributed by atoms with Gasteiger partial charge in [0.1, 0.15) is 0 Å². The van der Waals surface area contributed by atoms with Crippen molar-refractivity contribution >= 4 is 0 Å². The summed E-state index contributed by atoms with van der Waals surface area (Å²) in [4.78, 5) is 9.67. The summed E-state index contributed by atoms with van der Waals surface area (Å²) in [6, 6.07) is 0. The van der Waals surface area contributed by atoms with Crippen LogP contribution in [0.2, 0.25) is 0 Å². The van der Waals surface area contributed by atoms with Gasteiger partial charge in [-0.1, -0.05) is 6.58 Å². The van der Waals surface area contributed by atoms with E-state index in [1.54, 1.807) is 6.92 Å². The fraction of sp³-hybridized carbons (Fsp3) is 0.143. The number of nitrogens with two attached hydrogens (primary N) is 1. The highest BCUT2D eigenvalue weighted by atomic mass is 16.6. The molecule has 0 saturated carbocycles. The molecule has 60 valence electrons. The summed E-state index contributed by atoms with van der Waals surface area (Å²) in [6.07, 6.45) is 4.08. The van der Waals surface area contributed by atoms with Crippen LogP contribution in [0.5, 0.6) is 0 Å². The van der Waals surface area contributed by atoms with Crippen LogP contribution in [0.1, 0.15) is 6.92 Å². The third kappa shape index (κ3) is 3.91. The van der Waals surface area contributed by atoms with Gasteiger partial charge in [0.05, 0.1) is 4.92 Å². The predicted molar refractivity (Wildman–Crippen MR) is 43.2 cm³/mol. The van der Waals surface area contributed by atoms with Gasteiger partial charge in [0, 0.05) is 11.8 Å². The summed E-state index contributed by atoms with van der Waals surface area (Å²) in [7, 11) is 0. The molecule has 0 heterocycles. The average molecular weight is 154 g/mol. The quantitative estimate of drug-likeness (QED) is 0.377. The van der Waals surface area contributed by atoms with Crippen LogP contribution in [-0.4, -0.2) is 4.92 Å². The Bertz CT molecular complexity index is 229. The van der Waals surface area contributed by atoms with Crippen LogP contribution in [0.4, 0.5) is 0 Å². The lowest BCUT2D eigenvalue weighted by molar-refractivity contribution is -0.419. The molecule has 0 aromatic rings. The van der Waals surface area contributed by atoms with E-state index in [1.807, 2.05) is 0 Å². The zero-order valence-electron chi connectivity index (χ0n) is 6.28. The molecule has 0 saturated heterocycles. The maximum absolute atomic E-state index is 10.2. The lowest BCUT2D eigenvalue weighted by atomic mass is 10.3. The molecule has 4 nitrogen and oxygen atoms in total. The van der Waals surface area contributed by atoms with Gasteiger partial charge in [-0.15, -0.1) is 0 Å². The van der Waals surface area contributed by atoms with Crippen molar-refractivity contribution in [2.45, 2.75) is 6.92 Å². The molecule has 0 aromatic carbocycles. The molecule has 0 aliphatic rings. The first kappa shape index (κ1) is 9.42. The average Bonchev–Trinajstić information content (AvgIpc) is 1.87. The van der Waals surface area contributed by atoms with E-state index < -0.39 is 4.92 Å². The third-order valence-corrected chi connectivity index (χ3v) is 0.975. The smallest absolute Gasteiger partial charge is 0.265 e. The molecule has 0 amide bonds. The highest BCUT2D eigenvalue weighted by Crippen LogP contribution is 1.97. The molecule has 0 radical (unpaired) electrons. The minimum absolute atomic E-state index is 0.0107. The van der Waals surface area contributed by atoms with Crippen molar-refractivity contribution in [3.05, 3.63) is 46.3 Å². The molecule has 2 N–H and O–H groups in total. The Morgan fingerprint density at radius 3 is 2.45 bits per heavy atom. The van der Waals surface area contributed by atoms with E-state index in [4.69, 9.17) is 5.73 Å². The Hall–Kier alpha value is -1.58. The normalized spacial score (nSPS) is 11.9. The van der Waals surface area contributed by atoms with Crippen molar-refractivity contribution < 1.29 is 4.92 Å². The summed E-state index contributed by atoms with van der Waals surface area (Å²) in [5.41, 5.74) is 5.47. The summed E-state index contributed by atoms with van der Waals surface area (Å²) in [6.45, 7) is 4.95. The van der Waals surface area contributed by atoms with Gasteiger partial charge in [-0.05, 0) is 19.1 Å². The van der Waals surface area contributed by atoms with Crippen molar-refractivity contribution in [2.75, 3.05) is 0 Å². The number of hydrogen-bond donors (Lipinski definition) is 1. The van der Waals surface area contributed by atoms with Gasteiger partial charge in [0.25, 0.3) is 5.70 Å². The first-order valence-corrected chi connectivity index (χ1v) is 3.01. The van der Waals surface area contributed by atoms with E-state index in [0.717, 1.165) is 0 Å². The number of hydrogen-bond acceptors (Lipinski definition) is 3. The molecule has 0 bridgehead atoms. The molecule has 0 aliphatic carbocycles. The highest BCUT2D eigenvalue weighted by Gasteiger charge is 2.01. The van der Waals surface area contributed by atoms with E-state index >= 15 is 0 Å². The predicted octanol–water partition coefficient (Wildman–Crippen LogP) is 1.20. The molecule has 0 atom stereocenters. The van der Waals surface area contributed by atoms with Gasteiger partial charge in [-0.25, -0.2) is 0 Å². The summed E-state index contributed by atoms with van der Waals surface area (Å²) in [5.74, 6) is 0. The number of nitro groups is 1. The molecule has 0 spiro atoms. The van der Waals surface area contributed by atoms with Gasteiger partial charge in [0.2, 0.25) is 0 Å². The molecular weight excluding hydrogens is 144 g/mol. The van der Waals surface area contributed by atoms with E-state index in [9.17, 15) is 10.1 Å². The second kappa shape index (κ2) is 4.27. The lowest BCUT2D eigenvalue weighted by Crippen LogP contribution is -1.96. The van der Waals surface area contributed by atoms with Crippen molar-refractivity contribution in [1.82, 2.24) is 0 Å².